The van der Waals surface area contributed by atoms with E-state index in [4.69, 9.17) is 4.74 Å². The molecule has 1 aromatic heterocycles. The maximum Gasteiger partial charge on any atom is 0.310 e. The molecule has 26 heavy (non-hydrogen) atoms. The molecule has 2 aromatic rings. The molecular formula is C21H27N3O2. The SMILES string of the molecule is CCOC(=O)Cc1c(C)ncnc1NC1CCC(c2ccccc2)CC1. The summed E-state index contributed by atoms with van der Waals surface area (Å²) in [6.45, 7) is 4.11. The lowest BCUT2D eigenvalue weighted by Crippen LogP contribution is -2.27. The van der Waals surface area contributed by atoms with Crippen molar-refractivity contribution < 1.29 is 9.53 Å². The second kappa shape index (κ2) is 8.79. The number of aromatic nitrogens is 2. The van der Waals surface area contributed by atoms with Crippen molar-refractivity contribution in [3.63, 3.8) is 0 Å². The van der Waals surface area contributed by atoms with Crippen LogP contribution in [0, 0.1) is 6.92 Å². The highest BCUT2D eigenvalue weighted by Crippen LogP contribution is 2.34. The number of hydrogen-bond donors (Lipinski definition) is 1. The van der Waals surface area contributed by atoms with Crippen molar-refractivity contribution in [1.82, 2.24) is 9.97 Å². The van der Waals surface area contributed by atoms with Crippen LogP contribution in [0.25, 0.3) is 0 Å². The number of carbonyl (C=O) groups excluding carboxylic acids is 1. The van der Waals surface area contributed by atoms with Gasteiger partial charge in [-0.25, -0.2) is 9.97 Å². The minimum absolute atomic E-state index is 0.211. The Morgan fingerprint density at radius 1 is 1.15 bits per heavy atom. The van der Waals surface area contributed by atoms with Gasteiger partial charge in [0.15, 0.2) is 0 Å². The molecule has 1 saturated carbocycles. The maximum atomic E-state index is 11.9. The van der Waals surface area contributed by atoms with E-state index in [0.29, 0.717) is 18.6 Å². The van der Waals surface area contributed by atoms with Crippen LogP contribution in [-0.2, 0) is 16.0 Å². The smallest absolute Gasteiger partial charge is 0.310 e. The van der Waals surface area contributed by atoms with Crippen LogP contribution in [0.4, 0.5) is 5.82 Å². The minimum atomic E-state index is -0.235. The summed E-state index contributed by atoms with van der Waals surface area (Å²) in [7, 11) is 0. The standard InChI is InChI=1S/C21H27N3O2/c1-3-26-20(25)13-19-15(2)22-14-23-21(19)24-18-11-9-17(10-12-18)16-7-5-4-6-8-16/h4-8,14,17-18H,3,9-13H2,1-2H3,(H,22,23,24). The van der Waals surface area contributed by atoms with E-state index >= 15 is 0 Å². The fourth-order valence-corrected chi connectivity index (χ4v) is 3.68. The first-order valence-electron chi connectivity index (χ1n) is 9.45. The van der Waals surface area contributed by atoms with Gasteiger partial charge in [0.1, 0.15) is 12.1 Å². The Labute approximate surface area is 155 Å². The van der Waals surface area contributed by atoms with Gasteiger partial charge < -0.3 is 10.1 Å². The summed E-state index contributed by atoms with van der Waals surface area (Å²) in [5, 5.41) is 3.55. The van der Waals surface area contributed by atoms with Crippen LogP contribution in [0.2, 0.25) is 0 Å². The molecule has 0 unspecified atom stereocenters. The van der Waals surface area contributed by atoms with Crippen LogP contribution in [-0.4, -0.2) is 28.6 Å². The van der Waals surface area contributed by atoms with E-state index in [9.17, 15) is 4.79 Å². The molecule has 0 spiro atoms. The highest BCUT2D eigenvalue weighted by Gasteiger charge is 2.24. The van der Waals surface area contributed by atoms with Crippen LogP contribution >= 0.6 is 0 Å². The molecule has 0 radical (unpaired) electrons. The Hall–Kier alpha value is -2.43. The van der Waals surface area contributed by atoms with Gasteiger partial charge in [-0.2, -0.15) is 0 Å². The van der Waals surface area contributed by atoms with Gasteiger partial charge in [0.2, 0.25) is 0 Å². The van der Waals surface area contributed by atoms with Crippen molar-refractivity contribution >= 4 is 11.8 Å². The van der Waals surface area contributed by atoms with Crippen LogP contribution < -0.4 is 5.32 Å². The monoisotopic (exact) mass is 353 g/mol. The number of nitrogens with one attached hydrogen (secondary N) is 1. The van der Waals surface area contributed by atoms with Gasteiger partial charge >= 0.3 is 5.97 Å². The molecule has 0 aliphatic heterocycles. The summed E-state index contributed by atoms with van der Waals surface area (Å²) in [4.78, 5) is 20.5. The Morgan fingerprint density at radius 3 is 2.58 bits per heavy atom. The highest BCUT2D eigenvalue weighted by atomic mass is 16.5. The van der Waals surface area contributed by atoms with Gasteiger partial charge in [0.05, 0.1) is 13.0 Å². The number of rotatable bonds is 6. The van der Waals surface area contributed by atoms with Gasteiger partial charge in [-0.1, -0.05) is 30.3 Å². The fourth-order valence-electron chi connectivity index (χ4n) is 3.68. The topological polar surface area (TPSA) is 64.1 Å². The van der Waals surface area contributed by atoms with Gasteiger partial charge in [-0.3, -0.25) is 4.79 Å². The number of benzene rings is 1. The molecular weight excluding hydrogens is 326 g/mol. The first kappa shape index (κ1) is 18.4. The maximum absolute atomic E-state index is 11.9. The van der Waals surface area contributed by atoms with Crippen LogP contribution in [0.3, 0.4) is 0 Å². The highest BCUT2D eigenvalue weighted by molar-refractivity contribution is 5.75. The van der Waals surface area contributed by atoms with E-state index in [1.54, 1.807) is 6.33 Å². The number of aryl methyl sites for hydroxylation is 1. The lowest BCUT2D eigenvalue weighted by molar-refractivity contribution is -0.142. The molecule has 1 N–H and O–H groups in total. The number of anilines is 1. The van der Waals surface area contributed by atoms with Crippen LogP contribution in [0.15, 0.2) is 36.7 Å². The molecule has 5 heteroatoms. The van der Waals surface area contributed by atoms with E-state index in [-0.39, 0.29) is 12.4 Å². The van der Waals surface area contributed by atoms with Crippen LogP contribution in [0.1, 0.15) is 55.3 Å². The third-order valence-corrected chi connectivity index (χ3v) is 5.13. The van der Waals surface area contributed by atoms with Gasteiger partial charge in [-0.05, 0) is 51.0 Å². The fraction of sp³-hybridized carbons (Fsp3) is 0.476. The summed E-state index contributed by atoms with van der Waals surface area (Å²) in [5.41, 5.74) is 3.11. The molecule has 0 atom stereocenters. The zero-order valence-electron chi connectivity index (χ0n) is 15.6. The summed E-state index contributed by atoms with van der Waals surface area (Å²) in [5.74, 6) is 1.18. The lowest BCUT2D eigenvalue weighted by Gasteiger charge is -2.30. The molecule has 0 saturated heterocycles. The lowest BCUT2D eigenvalue weighted by atomic mass is 9.82. The van der Waals surface area contributed by atoms with Crippen molar-refractivity contribution in [2.75, 3.05) is 11.9 Å². The average Bonchev–Trinajstić information content (AvgIpc) is 2.66. The normalized spacial score (nSPS) is 19.8. The Morgan fingerprint density at radius 2 is 1.88 bits per heavy atom. The number of hydrogen-bond acceptors (Lipinski definition) is 5. The van der Waals surface area contributed by atoms with Crippen molar-refractivity contribution in [2.45, 2.75) is 57.9 Å². The first-order valence-corrected chi connectivity index (χ1v) is 9.45. The second-order valence-electron chi connectivity index (χ2n) is 6.87. The molecule has 1 aromatic carbocycles. The molecule has 1 aliphatic carbocycles. The first-order chi connectivity index (χ1) is 12.7. The second-order valence-corrected chi connectivity index (χ2v) is 6.87. The predicted octanol–water partition coefficient (Wildman–Crippen LogP) is 4.03. The number of esters is 1. The van der Waals surface area contributed by atoms with Gasteiger partial charge in [0, 0.05) is 17.3 Å². The number of carbonyl (C=O) groups is 1. The third kappa shape index (κ3) is 4.59. The van der Waals surface area contributed by atoms with E-state index < -0.39 is 0 Å². The predicted molar refractivity (Wildman–Crippen MR) is 102 cm³/mol. The number of nitrogens with zero attached hydrogens (tertiary/aromatic N) is 2. The summed E-state index contributed by atoms with van der Waals surface area (Å²) < 4.78 is 5.09. The molecule has 3 rings (SSSR count). The zero-order chi connectivity index (χ0) is 18.4. The molecule has 0 bridgehead atoms. The van der Waals surface area contributed by atoms with Crippen molar-refractivity contribution in [2.24, 2.45) is 0 Å². The molecule has 1 heterocycles. The van der Waals surface area contributed by atoms with E-state index in [1.165, 1.54) is 18.4 Å². The summed E-state index contributed by atoms with van der Waals surface area (Å²) in [6, 6.07) is 11.1. The Bertz CT molecular complexity index is 725. The number of ether oxygens (including phenoxy) is 1. The Kier molecular flexibility index (Phi) is 6.21. The largest absolute Gasteiger partial charge is 0.466 e. The summed E-state index contributed by atoms with van der Waals surface area (Å²) in [6.07, 6.45) is 6.30. The van der Waals surface area contributed by atoms with E-state index in [2.05, 4.69) is 45.6 Å². The quantitative estimate of drug-likeness (QED) is 0.795. The third-order valence-electron chi connectivity index (χ3n) is 5.13. The molecule has 0 amide bonds. The van der Waals surface area contributed by atoms with Crippen LogP contribution in [0.5, 0.6) is 0 Å². The van der Waals surface area contributed by atoms with Crippen molar-refractivity contribution in [1.29, 1.82) is 0 Å². The summed E-state index contributed by atoms with van der Waals surface area (Å²) >= 11 is 0. The molecule has 1 aliphatic rings. The van der Waals surface area contributed by atoms with Crippen molar-refractivity contribution in [3.8, 4) is 0 Å². The van der Waals surface area contributed by atoms with Gasteiger partial charge in [-0.15, -0.1) is 0 Å². The average molecular weight is 353 g/mol. The minimum Gasteiger partial charge on any atom is -0.466 e. The molecule has 1 fully saturated rings. The van der Waals surface area contributed by atoms with E-state index in [0.717, 1.165) is 29.9 Å². The molecule has 5 nitrogen and oxygen atoms in total. The molecule has 138 valence electrons. The zero-order valence-corrected chi connectivity index (χ0v) is 15.6. The van der Waals surface area contributed by atoms with Gasteiger partial charge in [0.25, 0.3) is 0 Å². The van der Waals surface area contributed by atoms with E-state index in [1.807, 2.05) is 13.8 Å². The van der Waals surface area contributed by atoms with Crippen molar-refractivity contribution in [3.05, 3.63) is 53.5 Å². The Balaban J connectivity index is 1.63.